The Labute approximate surface area is 212 Å². The molecule has 2 saturated carbocycles. The largest absolute Gasteiger partial charge is 0.393 e. The minimum absolute atomic E-state index is 0.114. The molecule has 0 radical (unpaired) electrons. The number of aliphatic hydroxyl groups excluding tert-OH is 2. The van der Waals surface area contributed by atoms with Crippen LogP contribution in [0.3, 0.4) is 0 Å². The number of hydrogen-bond acceptors (Lipinski definition) is 6. The maximum atomic E-state index is 10.2. The number of aliphatic imine (C=N–C) groups is 1. The van der Waals surface area contributed by atoms with Gasteiger partial charge < -0.3 is 26.2 Å². The van der Waals surface area contributed by atoms with Crippen molar-refractivity contribution in [2.24, 2.45) is 34.6 Å². The third-order valence-electron chi connectivity index (χ3n) is 10.2. The summed E-state index contributed by atoms with van der Waals surface area (Å²) >= 11 is 0. The Hall–Kier alpha value is -0.790. The van der Waals surface area contributed by atoms with E-state index in [1.807, 2.05) is 13.1 Å². The van der Waals surface area contributed by atoms with Crippen LogP contribution >= 0.6 is 0 Å². The van der Waals surface area contributed by atoms with E-state index in [-0.39, 0.29) is 18.2 Å². The summed E-state index contributed by atoms with van der Waals surface area (Å²) in [6.07, 6.45) is 18.0. The Morgan fingerprint density at radius 1 is 1.09 bits per heavy atom. The molecular formula is C29H50N4O2. The lowest BCUT2D eigenvalue weighted by Gasteiger charge is -2.37. The van der Waals surface area contributed by atoms with Gasteiger partial charge in [-0.1, -0.05) is 25.5 Å². The van der Waals surface area contributed by atoms with E-state index in [0.29, 0.717) is 36.0 Å². The van der Waals surface area contributed by atoms with Gasteiger partial charge in [-0.15, -0.1) is 0 Å². The number of fused-ring (bicyclic) bond motifs is 2. The zero-order valence-electron chi connectivity index (χ0n) is 22.0. The maximum Gasteiger partial charge on any atom is 0.0797 e. The van der Waals surface area contributed by atoms with E-state index < -0.39 is 0 Å². The average molecular weight is 487 g/mol. The fourth-order valence-corrected chi connectivity index (χ4v) is 8.18. The van der Waals surface area contributed by atoms with Crippen LogP contribution in [-0.2, 0) is 0 Å². The molecule has 0 aromatic carbocycles. The molecule has 12 unspecified atom stereocenters. The summed E-state index contributed by atoms with van der Waals surface area (Å²) in [6.45, 7) is 6.59. The lowest BCUT2D eigenvalue weighted by atomic mass is 9.72. The first-order chi connectivity index (χ1) is 17.0. The zero-order valence-corrected chi connectivity index (χ0v) is 22.0. The van der Waals surface area contributed by atoms with Gasteiger partial charge in [0.25, 0.3) is 0 Å². The highest BCUT2D eigenvalue weighted by molar-refractivity contribution is 5.60. The molecule has 0 aromatic heterocycles. The van der Waals surface area contributed by atoms with Gasteiger partial charge in [-0.25, -0.2) is 0 Å². The van der Waals surface area contributed by atoms with Crippen molar-refractivity contribution in [2.75, 3.05) is 13.1 Å². The average Bonchev–Trinajstić information content (AvgIpc) is 3.44. The van der Waals surface area contributed by atoms with Gasteiger partial charge in [0, 0.05) is 30.4 Å². The first-order valence-corrected chi connectivity index (χ1v) is 14.8. The van der Waals surface area contributed by atoms with E-state index in [9.17, 15) is 10.2 Å². The summed E-state index contributed by atoms with van der Waals surface area (Å²) in [6, 6.07) is 2.14. The Bertz CT molecular complexity index is 742. The predicted octanol–water partition coefficient (Wildman–Crippen LogP) is 3.04. The molecular weight excluding hydrogens is 436 g/mol. The Balaban J connectivity index is 1.06. The van der Waals surface area contributed by atoms with E-state index in [0.717, 1.165) is 50.0 Å². The number of nitrogens with zero attached hydrogens (tertiary/aromatic N) is 1. The van der Waals surface area contributed by atoms with Gasteiger partial charge >= 0.3 is 0 Å². The van der Waals surface area contributed by atoms with Crippen molar-refractivity contribution in [2.45, 2.75) is 120 Å². The normalized spacial score (nSPS) is 45.9. The van der Waals surface area contributed by atoms with E-state index >= 15 is 0 Å². The molecule has 6 heteroatoms. The predicted molar refractivity (Wildman–Crippen MR) is 143 cm³/mol. The second-order valence-electron chi connectivity index (χ2n) is 12.6. The van der Waals surface area contributed by atoms with Crippen LogP contribution in [0.15, 0.2) is 17.1 Å². The van der Waals surface area contributed by atoms with Crippen molar-refractivity contribution in [3.63, 3.8) is 0 Å². The third kappa shape index (κ3) is 6.04. The van der Waals surface area contributed by atoms with Gasteiger partial charge in [-0.3, -0.25) is 4.99 Å². The fourth-order valence-electron chi connectivity index (χ4n) is 8.18. The molecule has 5 aliphatic rings. The SMILES string of the molecule is CC(O)CCC1CCCC2C(CCNC3C=CC(NC4CC=NC5C(O)CCC45)CC3C)CNC12. The molecule has 5 N–H and O–H groups in total. The molecule has 2 heterocycles. The van der Waals surface area contributed by atoms with E-state index in [1.165, 1.54) is 45.1 Å². The minimum atomic E-state index is -0.246. The number of hydrogen-bond donors (Lipinski definition) is 5. The van der Waals surface area contributed by atoms with Gasteiger partial charge in [0.05, 0.1) is 18.2 Å². The fraction of sp³-hybridized carbons (Fsp3) is 0.897. The molecule has 35 heavy (non-hydrogen) atoms. The molecule has 0 aromatic rings. The summed E-state index contributed by atoms with van der Waals surface area (Å²) in [4.78, 5) is 4.60. The van der Waals surface area contributed by atoms with Crippen LogP contribution in [0.1, 0.15) is 78.1 Å². The van der Waals surface area contributed by atoms with Crippen molar-refractivity contribution in [3.8, 4) is 0 Å². The highest BCUT2D eigenvalue weighted by atomic mass is 16.3. The summed E-state index contributed by atoms with van der Waals surface area (Å²) in [5.74, 6) is 3.49. The molecule has 0 bridgehead atoms. The van der Waals surface area contributed by atoms with Crippen molar-refractivity contribution in [3.05, 3.63) is 12.2 Å². The molecule has 6 nitrogen and oxygen atoms in total. The molecule has 5 rings (SSSR count). The Morgan fingerprint density at radius 2 is 1.97 bits per heavy atom. The van der Waals surface area contributed by atoms with Crippen molar-refractivity contribution >= 4 is 6.21 Å². The van der Waals surface area contributed by atoms with Crippen molar-refractivity contribution in [1.29, 1.82) is 0 Å². The first kappa shape index (κ1) is 25.8. The van der Waals surface area contributed by atoms with E-state index in [4.69, 9.17) is 0 Å². The Morgan fingerprint density at radius 3 is 2.80 bits per heavy atom. The van der Waals surface area contributed by atoms with Gasteiger partial charge in [0.15, 0.2) is 0 Å². The van der Waals surface area contributed by atoms with Crippen LogP contribution in [0.2, 0.25) is 0 Å². The highest BCUT2D eigenvalue weighted by Gasteiger charge is 2.43. The molecule has 0 amide bonds. The van der Waals surface area contributed by atoms with Gasteiger partial charge in [-0.2, -0.15) is 0 Å². The summed E-state index contributed by atoms with van der Waals surface area (Å²) in [7, 11) is 0. The van der Waals surface area contributed by atoms with Crippen LogP contribution in [0.4, 0.5) is 0 Å². The van der Waals surface area contributed by atoms with Crippen molar-refractivity contribution in [1.82, 2.24) is 16.0 Å². The zero-order chi connectivity index (χ0) is 24.4. The standard InChI is InChI=1S/C29H50N4O2/c1-18-16-22(33-26-13-15-31-29-24(26)9-11-27(29)35)8-10-25(18)30-14-12-21-17-32-28-20(7-6-19(2)34)4-3-5-23(21)28/h8,10,15,18-30,32-35H,3-7,9,11-14,16-17H2,1-2H3. The van der Waals surface area contributed by atoms with Crippen LogP contribution in [0, 0.1) is 29.6 Å². The molecule has 12 atom stereocenters. The first-order valence-electron chi connectivity index (χ1n) is 14.8. The van der Waals surface area contributed by atoms with Gasteiger partial charge in [0.2, 0.25) is 0 Å². The molecule has 2 aliphatic heterocycles. The Kier molecular flexibility index (Phi) is 8.66. The summed E-state index contributed by atoms with van der Waals surface area (Å²) in [5, 5.41) is 31.6. The molecule has 3 aliphatic carbocycles. The topological polar surface area (TPSA) is 88.9 Å². The number of rotatable bonds is 9. The number of nitrogens with one attached hydrogen (secondary N) is 3. The molecule has 0 spiro atoms. The number of aliphatic hydroxyl groups is 2. The van der Waals surface area contributed by atoms with Crippen LogP contribution in [0.25, 0.3) is 0 Å². The molecule has 1 saturated heterocycles. The summed E-state index contributed by atoms with van der Waals surface area (Å²) in [5.41, 5.74) is 0. The monoisotopic (exact) mass is 486 g/mol. The van der Waals surface area contributed by atoms with Gasteiger partial charge in [0.1, 0.15) is 0 Å². The highest BCUT2D eigenvalue weighted by Crippen LogP contribution is 2.41. The second kappa shape index (κ2) is 11.7. The minimum Gasteiger partial charge on any atom is -0.393 e. The van der Waals surface area contributed by atoms with Gasteiger partial charge in [-0.05, 0) is 107 Å². The van der Waals surface area contributed by atoms with Crippen LogP contribution < -0.4 is 16.0 Å². The second-order valence-corrected chi connectivity index (χ2v) is 12.6. The third-order valence-corrected chi connectivity index (χ3v) is 10.2. The lowest BCUT2D eigenvalue weighted by Crippen LogP contribution is -2.50. The van der Waals surface area contributed by atoms with Crippen LogP contribution in [0.5, 0.6) is 0 Å². The molecule has 198 valence electrons. The van der Waals surface area contributed by atoms with Crippen LogP contribution in [-0.4, -0.2) is 71.9 Å². The van der Waals surface area contributed by atoms with E-state index in [2.05, 4.69) is 40.0 Å². The van der Waals surface area contributed by atoms with E-state index in [1.54, 1.807) is 0 Å². The smallest absolute Gasteiger partial charge is 0.0797 e. The van der Waals surface area contributed by atoms with Crippen molar-refractivity contribution < 1.29 is 10.2 Å². The molecule has 3 fully saturated rings. The summed E-state index contributed by atoms with van der Waals surface area (Å²) < 4.78 is 0. The quantitative estimate of drug-likeness (QED) is 0.323. The maximum absolute atomic E-state index is 10.2. The lowest BCUT2D eigenvalue weighted by molar-refractivity contribution is 0.142.